The number of Topliss-reactive ketones (excluding diaryl/α,β-unsaturated/α-hetero) is 1. The zero-order chi connectivity index (χ0) is 15.6. The van der Waals surface area contributed by atoms with Gasteiger partial charge in [-0.15, -0.1) is 0 Å². The highest BCUT2D eigenvalue weighted by Gasteiger charge is 2.18. The first-order valence-corrected chi connectivity index (χ1v) is 7.86. The minimum absolute atomic E-state index is 0.107. The van der Waals surface area contributed by atoms with E-state index >= 15 is 0 Å². The highest BCUT2D eigenvalue weighted by Crippen LogP contribution is 2.24. The van der Waals surface area contributed by atoms with Crippen LogP contribution >= 0.6 is 27.5 Å². The predicted molar refractivity (Wildman–Crippen MR) is 84.4 cm³/mol. The molecule has 21 heavy (non-hydrogen) atoms. The SMILES string of the molecule is CCc1nn(CC)c(CC(=O)c2cc(F)cc(Br)c2)c1Cl. The topological polar surface area (TPSA) is 34.9 Å². The molecule has 1 aromatic carbocycles. The molecule has 0 radical (unpaired) electrons. The first kappa shape index (κ1) is 16.2. The standard InChI is InChI=1S/C15H15BrClFN2O/c1-3-12-15(17)13(20(4-2)19-12)8-14(21)9-5-10(16)7-11(18)6-9/h5-7H,3-4,8H2,1-2H3. The largest absolute Gasteiger partial charge is 0.294 e. The molecule has 112 valence electrons. The van der Waals surface area contributed by atoms with Gasteiger partial charge < -0.3 is 0 Å². The first-order valence-electron chi connectivity index (χ1n) is 6.69. The van der Waals surface area contributed by atoms with Crippen molar-refractivity contribution in [3.05, 3.63) is 50.5 Å². The van der Waals surface area contributed by atoms with E-state index in [0.29, 0.717) is 33.7 Å². The minimum atomic E-state index is -0.447. The summed E-state index contributed by atoms with van der Waals surface area (Å²) < 4.78 is 15.7. The molecular weight excluding hydrogens is 359 g/mol. The van der Waals surface area contributed by atoms with Crippen LogP contribution in [0.4, 0.5) is 4.39 Å². The Labute approximate surface area is 136 Å². The summed E-state index contributed by atoms with van der Waals surface area (Å²) in [6, 6.07) is 4.15. The van der Waals surface area contributed by atoms with Crippen LogP contribution in [0, 0.1) is 5.82 Å². The summed E-state index contributed by atoms with van der Waals surface area (Å²) >= 11 is 9.47. The molecule has 0 spiro atoms. The normalized spacial score (nSPS) is 10.9. The molecule has 0 saturated carbocycles. The average molecular weight is 374 g/mol. The third kappa shape index (κ3) is 3.52. The van der Waals surface area contributed by atoms with Gasteiger partial charge in [0.2, 0.25) is 0 Å². The first-order chi connectivity index (χ1) is 9.96. The van der Waals surface area contributed by atoms with Crippen molar-refractivity contribution in [2.75, 3.05) is 0 Å². The zero-order valence-electron chi connectivity index (χ0n) is 11.8. The number of rotatable bonds is 5. The lowest BCUT2D eigenvalue weighted by atomic mass is 10.1. The monoisotopic (exact) mass is 372 g/mol. The van der Waals surface area contributed by atoms with Crippen LogP contribution in [0.5, 0.6) is 0 Å². The van der Waals surface area contributed by atoms with Crippen LogP contribution in [-0.4, -0.2) is 15.6 Å². The zero-order valence-corrected chi connectivity index (χ0v) is 14.1. The molecule has 0 atom stereocenters. The van der Waals surface area contributed by atoms with Crippen molar-refractivity contribution in [1.82, 2.24) is 9.78 Å². The summed E-state index contributed by atoms with van der Waals surface area (Å²) in [5, 5.41) is 4.91. The van der Waals surface area contributed by atoms with Crippen LogP contribution in [0.2, 0.25) is 5.02 Å². The molecule has 0 aliphatic carbocycles. The lowest BCUT2D eigenvalue weighted by Gasteiger charge is -2.06. The number of hydrogen-bond acceptors (Lipinski definition) is 2. The maximum atomic E-state index is 13.4. The van der Waals surface area contributed by atoms with Crippen LogP contribution < -0.4 is 0 Å². The highest BCUT2D eigenvalue weighted by atomic mass is 79.9. The van der Waals surface area contributed by atoms with Gasteiger partial charge in [-0.2, -0.15) is 5.10 Å². The van der Waals surface area contributed by atoms with Gasteiger partial charge in [0, 0.05) is 16.6 Å². The number of nitrogens with zero attached hydrogens (tertiary/aromatic N) is 2. The Morgan fingerprint density at radius 3 is 2.67 bits per heavy atom. The van der Waals surface area contributed by atoms with Gasteiger partial charge in [0.15, 0.2) is 5.78 Å². The molecule has 0 aliphatic rings. The molecule has 6 heteroatoms. The summed E-state index contributed by atoms with van der Waals surface area (Å²) in [7, 11) is 0. The number of ketones is 1. The summed E-state index contributed by atoms with van der Waals surface area (Å²) in [4.78, 5) is 12.3. The number of aromatic nitrogens is 2. The second-order valence-electron chi connectivity index (χ2n) is 4.63. The molecule has 0 fully saturated rings. The average Bonchev–Trinajstić information content (AvgIpc) is 2.74. The Morgan fingerprint density at radius 1 is 1.38 bits per heavy atom. The molecule has 3 nitrogen and oxygen atoms in total. The van der Waals surface area contributed by atoms with E-state index in [2.05, 4.69) is 21.0 Å². The quantitative estimate of drug-likeness (QED) is 0.726. The van der Waals surface area contributed by atoms with Gasteiger partial charge >= 0.3 is 0 Å². The fourth-order valence-corrected chi connectivity index (χ4v) is 2.96. The van der Waals surface area contributed by atoms with Crippen molar-refractivity contribution in [3.8, 4) is 0 Å². The number of carbonyl (C=O) groups excluding carboxylic acids is 1. The summed E-state index contributed by atoms with van der Waals surface area (Å²) in [6.45, 7) is 4.54. The molecule has 1 aromatic heterocycles. The van der Waals surface area contributed by atoms with E-state index in [1.807, 2.05) is 13.8 Å². The Kier molecular flexibility index (Phi) is 5.17. The van der Waals surface area contributed by atoms with Crippen LogP contribution in [0.1, 0.15) is 35.6 Å². The molecule has 2 aromatic rings. The molecule has 0 bridgehead atoms. The van der Waals surface area contributed by atoms with Gasteiger partial charge in [-0.1, -0.05) is 34.5 Å². The molecular formula is C15H15BrClFN2O. The van der Waals surface area contributed by atoms with E-state index in [1.165, 1.54) is 12.1 Å². The predicted octanol–water partition coefficient (Wildman–Crippen LogP) is 4.45. The van der Waals surface area contributed by atoms with E-state index in [4.69, 9.17) is 11.6 Å². The maximum Gasteiger partial charge on any atom is 0.168 e. The van der Waals surface area contributed by atoms with Gasteiger partial charge in [-0.25, -0.2) is 4.39 Å². The Morgan fingerprint density at radius 2 is 2.10 bits per heavy atom. The fourth-order valence-electron chi connectivity index (χ4n) is 2.16. The van der Waals surface area contributed by atoms with Crippen molar-refractivity contribution >= 4 is 33.3 Å². The lowest BCUT2D eigenvalue weighted by Crippen LogP contribution is -2.10. The van der Waals surface area contributed by atoms with Crippen molar-refractivity contribution in [2.24, 2.45) is 0 Å². The van der Waals surface area contributed by atoms with E-state index in [9.17, 15) is 9.18 Å². The van der Waals surface area contributed by atoms with Crippen LogP contribution in [0.3, 0.4) is 0 Å². The lowest BCUT2D eigenvalue weighted by molar-refractivity contribution is 0.0990. The van der Waals surface area contributed by atoms with Crippen molar-refractivity contribution < 1.29 is 9.18 Å². The number of carbonyl (C=O) groups is 1. The Balaban J connectivity index is 2.33. The van der Waals surface area contributed by atoms with E-state index in [1.54, 1.807) is 10.7 Å². The van der Waals surface area contributed by atoms with Crippen molar-refractivity contribution in [3.63, 3.8) is 0 Å². The molecule has 0 N–H and O–H groups in total. The van der Waals surface area contributed by atoms with Gasteiger partial charge in [-0.3, -0.25) is 9.48 Å². The summed E-state index contributed by atoms with van der Waals surface area (Å²) in [5.41, 5.74) is 1.78. The molecule has 0 amide bonds. The van der Waals surface area contributed by atoms with Crippen LogP contribution in [0.25, 0.3) is 0 Å². The van der Waals surface area contributed by atoms with Crippen LogP contribution in [-0.2, 0) is 19.4 Å². The molecule has 0 unspecified atom stereocenters. The summed E-state index contributed by atoms with van der Waals surface area (Å²) in [6.07, 6.45) is 0.814. The van der Waals surface area contributed by atoms with Gasteiger partial charge in [0.25, 0.3) is 0 Å². The smallest absolute Gasteiger partial charge is 0.168 e. The number of aryl methyl sites for hydroxylation is 2. The van der Waals surface area contributed by atoms with Crippen molar-refractivity contribution in [2.45, 2.75) is 33.2 Å². The third-order valence-corrected chi connectivity index (χ3v) is 4.10. The minimum Gasteiger partial charge on any atom is -0.294 e. The molecule has 0 aliphatic heterocycles. The molecule has 2 rings (SSSR count). The van der Waals surface area contributed by atoms with Crippen molar-refractivity contribution in [1.29, 1.82) is 0 Å². The van der Waals surface area contributed by atoms with E-state index in [0.717, 1.165) is 5.69 Å². The van der Waals surface area contributed by atoms with Gasteiger partial charge in [-0.05, 0) is 31.5 Å². The second-order valence-corrected chi connectivity index (χ2v) is 5.93. The number of halogens is 3. The fraction of sp³-hybridized carbons (Fsp3) is 0.333. The Hall–Kier alpha value is -1.20. The maximum absolute atomic E-state index is 13.4. The van der Waals surface area contributed by atoms with E-state index in [-0.39, 0.29) is 12.2 Å². The van der Waals surface area contributed by atoms with Gasteiger partial charge in [0.05, 0.1) is 22.8 Å². The number of benzene rings is 1. The number of hydrogen-bond donors (Lipinski definition) is 0. The second kappa shape index (κ2) is 6.71. The third-order valence-electron chi connectivity index (χ3n) is 3.21. The molecule has 0 saturated heterocycles. The summed E-state index contributed by atoms with van der Waals surface area (Å²) in [5.74, 6) is -0.633. The highest BCUT2D eigenvalue weighted by molar-refractivity contribution is 9.10. The van der Waals surface area contributed by atoms with Crippen LogP contribution in [0.15, 0.2) is 22.7 Å². The Bertz CT molecular complexity index is 664. The molecule has 1 heterocycles. The van der Waals surface area contributed by atoms with E-state index < -0.39 is 5.82 Å². The van der Waals surface area contributed by atoms with Gasteiger partial charge in [0.1, 0.15) is 5.82 Å².